The number of amides is 1. The molecule has 0 saturated carbocycles. The average molecular weight is 364 g/mol. The molecule has 0 unspecified atom stereocenters. The zero-order valence-corrected chi connectivity index (χ0v) is 15.3. The molecule has 5 nitrogen and oxygen atoms in total. The van der Waals surface area contributed by atoms with E-state index in [9.17, 15) is 9.18 Å². The molecule has 2 heterocycles. The first-order valence-corrected chi connectivity index (χ1v) is 8.97. The maximum absolute atomic E-state index is 13.2. The first-order chi connectivity index (χ1) is 13.0. The lowest BCUT2D eigenvalue weighted by Gasteiger charge is -2.31. The van der Waals surface area contributed by atoms with Gasteiger partial charge in [0.15, 0.2) is 0 Å². The van der Waals surface area contributed by atoms with Gasteiger partial charge in [0.05, 0.1) is 18.3 Å². The van der Waals surface area contributed by atoms with Crippen LogP contribution in [0.3, 0.4) is 0 Å². The molecule has 4 rings (SSSR count). The van der Waals surface area contributed by atoms with E-state index in [1.54, 1.807) is 21.7 Å². The fourth-order valence-electron chi connectivity index (χ4n) is 3.38. The minimum atomic E-state index is -0.314. The van der Waals surface area contributed by atoms with Crippen LogP contribution in [0.4, 0.5) is 15.8 Å². The van der Waals surface area contributed by atoms with E-state index in [4.69, 9.17) is 0 Å². The summed E-state index contributed by atoms with van der Waals surface area (Å²) in [4.78, 5) is 14.6. The van der Waals surface area contributed by atoms with Crippen molar-refractivity contribution in [2.24, 2.45) is 0 Å². The second kappa shape index (κ2) is 6.87. The van der Waals surface area contributed by atoms with Crippen LogP contribution in [0, 0.1) is 12.7 Å². The van der Waals surface area contributed by atoms with Gasteiger partial charge in [-0.05, 0) is 61.9 Å². The van der Waals surface area contributed by atoms with Crippen molar-refractivity contribution in [3.63, 3.8) is 0 Å². The average Bonchev–Trinajstić information content (AvgIpc) is 3.09. The highest BCUT2D eigenvalue weighted by Gasteiger charge is 2.31. The van der Waals surface area contributed by atoms with Gasteiger partial charge in [0.1, 0.15) is 11.5 Å². The number of carbonyl (C=O) groups excluding carboxylic acids is 1. The Balaban J connectivity index is 1.55. The van der Waals surface area contributed by atoms with Crippen molar-refractivity contribution in [1.82, 2.24) is 9.78 Å². The maximum Gasteiger partial charge on any atom is 0.276 e. The quantitative estimate of drug-likeness (QED) is 0.756. The van der Waals surface area contributed by atoms with E-state index in [0.29, 0.717) is 24.5 Å². The third kappa shape index (κ3) is 3.43. The number of nitrogens with one attached hydrogen (secondary N) is 1. The number of fused-ring (bicyclic) bond motifs is 1. The fourth-order valence-corrected chi connectivity index (χ4v) is 3.38. The molecule has 1 aliphatic rings. The Hall–Kier alpha value is -3.15. The monoisotopic (exact) mass is 364 g/mol. The number of aryl methyl sites for hydroxylation is 1. The van der Waals surface area contributed by atoms with Gasteiger partial charge in [-0.25, -0.2) is 4.39 Å². The normalized spacial score (nSPS) is 16.3. The Morgan fingerprint density at radius 3 is 2.70 bits per heavy atom. The van der Waals surface area contributed by atoms with Gasteiger partial charge in [-0.1, -0.05) is 12.1 Å². The lowest BCUT2D eigenvalue weighted by Crippen LogP contribution is -2.42. The smallest absolute Gasteiger partial charge is 0.276 e. The van der Waals surface area contributed by atoms with Crippen LogP contribution in [0.1, 0.15) is 34.7 Å². The molecule has 1 aromatic heterocycles. The van der Waals surface area contributed by atoms with E-state index >= 15 is 0 Å². The van der Waals surface area contributed by atoms with E-state index in [-0.39, 0.29) is 17.8 Å². The fraction of sp³-hybridized carbons (Fsp3) is 0.238. The van der Waals surface area contributed by atoms with Gasteiger partial charge in [-0.2, -0.15) is 5.10 Å². The first-order valence-electron chi connectivity index (χ1n) is 8.97. The van der Waals surface area contributed by atoms with Crippen LogP contribution in [-0.2, 0) is 6.54 Å². The summed E-state index contributed by atoms with van der Waals surface area (Å²) in [7, 11) is 0. The van der Waals surface area contributed by atoms with Crippen LogP contribution in [-0.4, -0.2) is 22.2 Å². The Morgan fingerprint density at radius 1 is 1.19 bits per heavy atom. The van der Waals surface area contributed by atoms with E-state index in [1.807, 2.05) is 38.1 Å². The second-order valence-corrected chi connectivity index (χ2v) is 6.93. The molecular formula is C21H21FN4O. The van der Waals surface area contributed by atoms with Crippen LogP contribution < -0.4 is 10.2 Å². The lowest BCUT2D eigenvalue weighted by atomic mass is 10.1. The SMILES string of the molecule is Cc1cccc(NCc2cc3n(n2)[C@H](C)CN(c2ccc(F)cc2)C3=O)c1. The van der Waals surface area contributed by atoms with Crippen LogP contribution in [0.25, 0.3) is 0 Å². The summed E-state index contributed by atoms with van der Waals surface area (Å²) in [6.07, 6.45) is 0. The Kier molecular flexibility index (Phi) is 4.39. The number of halogens is 1. The molecule has 27 heavy (non-hydrogen) atoms. The molecule has 1 N–H and O–H groups in total. The molecule has 0 radical (unpaired) electrons. The van der Waals surface area contributed by atoms with Crippen molar-refractivity contribution in [2.75, 3.05) is 16.8 Å². The summed E-state index contributed by atoms with van der Waals surface area (Å²) in [5, 5.41) is 7.96. The van der Waals surface area contributed by atoms with E-state index in [2.05, 4.69) is 16.5 Å². The summed E-state index contributed by atoms with van der Waals surface area (Å²) >= 11 is 0. The van der Waals surface area contributed by atoms with Crippen LogP contribution in [0.15, 0.2) is 54.6 Å². The third-order valence-corrected chi connectivity index (χ3v) is 4.74. The van der Waals surface area contributed by atoms with E-state index in [0.717, 1.165) is 11.4 Å². The highest BCUT2D eigenvalue weighted by molar-refractivity contribution is 6.05. The zero-order valence-electron chi connectivity index (χ0n) is 15.3. The third-order valence-electron chi connectivity index (χ3n) is 4.74. The number of benzene rings is 2. The van der Waals surface area contributed by atoms with Crippen LogP contribution >= 0.6 is 0 Å². The predicted octanol–water partition coefficient (Wildman–Crippen LogP) is 4.16. The minimum absolute atomic E-state index is 0.0375. The van der Waals surface area contributed by atoms with Gasteiger partial charge < -0.3 is 10.2 Å². The van der Waals surface area contributed by atoms with Crippen molar-refractivity contribution in [2.45, 2.75) is 26.4 Å². The standard InChI is InChI=1S/C21H21FN4O/c1-14-4-3-5-17(10-14)23-12-18-11-20-21(27)25(13-15(2)26(20)24-18)19-8-6-16(22)7-9-19/h3-11,15,23H,12-13H2,1-2H3/t15-/m1/s1. The molecule has 3 aromatic rings. The molecule has 6 heteroatoms. The summed E-state index contributed by atoms with van der Waals surface area (Å²) in [6, 6.07) is 16.0. The minimum Gasteiger partial charge on any atom is -0.379 e. The number of nitrogens with zero attached hydrogens (tertiary/aromatic N) is 3. The second-order valence-electron chi connectivity index (χ2n) is 6.93. The van der Waals surface area contributed by atoms with Crippen molar-refractivity contribution >= 4 is 17.3 Å². The molecule has 138 valence electrons. The molecule has 1 amide bonds. The van der Waals surface area contributed by atoms with Crippen LogP contribution in [0.2, 0.25) is 0 Å². The summed E-state index contributed by atoms with van der Waals surface area (Å²) in [6.45, 7) is 5.12. The molecule has 0 bridgehead atoms. The highest BCUT2D eigenvalue weighted by Crippen LogP contribution is 2.27. The molecule has 0 spiro atoms. The number of hydrogen-bond acceptors (Lipinski definition) is 3. The molecule has 2 aromatic carbocycles. The van der Waals surface area contributed by atoms with Gasteiger partial charge in [0, 0.05) is 17.9 Å². The molecule has 1 atom stereocenters. The number of aromatic nitrogens is 2. The number of hydrogen-bond donors (Lipinski definition) is 1. The highest BCUT2D eigenvalue weighted by atomic mass is 19.1. The molecule has 0 aliphatic carbocycles. The van der Waals surface area contributed by atoms with Crippen LogP contribution in [0.5, 0.6) is 0 Å². The van der Waals surface area contributed by atoms with Crippen molar-refractivity contribution in [3.05, 3.63) is 77.4 Å². The van der Waals surface area contributed by atoms with Gasteiger partial charge in [0.25, 0.3) is 5.91 Å². The van der Waals surface area contributed by atoms with Gasteiger partial charge >= 0.3 is 0 Å². The molecule has 0 fully saturated rings. The Labute approximate surface area is 157 Å². The van der Waals surface area contributed by atoms with Gasteiger partial charge in [-0.15, -0.1) is 0 Å². The lowest BCUT2D eigenvalue weighted by molar-refractivity contribution is 0.0953. The van der Waals surface area contributed by atoms with Crippen molar-refractivity contribution in [3.8, 4) is 0 Å². The largest absolute Gasteiger partial charge is 0.379 e. The summed E-state index contributed by atoms with van der Waals surface area (Å²) in [5.41, 5.74) is 4.27. The first kappa shape index (κ1) is 17.3. The van der Waals surface area contributed by atoms with Gasteiger partial charge in [-0.3, -0.25) is 9.48 Å². The Bertz CT molecular complexity index is 980. The van der Waals surface area contributed by atoms with Crippen molar-refractivity contribution < 1.29 is 9.18 Å². The van der Waals surface area contributed by atoms with E-state index < -0.39 is 0 Å². The molecule has 1 aliphatic heterocycles. The predicted molar refractivity (Wildman–Crippen MR) is 104 cm³/mol. The van der Waals surface area contributed by atoms with E-state index in [1.165, 1.54) is 17.7 Å². The summed E-state index contributed by atoms with van der Waals surface area (Å²) in [5.74, 6) is -0.431. The maximum atomic E-state index is 13.2. The topological polar surface area (TPSA) is 50.2 Å². The number of rotatable bonds is 4. The van der Waals surface area contributed by atoms with Gasteiger partial charge in [0.2, 0.25) is 0 Å². The number of carbonyl (C=O) groups is 1. The molecule has 0 saturated heterocycles. The Morgan fingerprint density at radius 2 is 1.96 bits per heavy atom. The number of anilines is 2. The molecular weight excluding hydrogens is 343 g/mol. The summed E-state index contributed by atoms with van der Waals surface area (Å²) < 4.78 is 15.0. The zero-order chi connectivity index (χ0) is 19.0. The van der Waals surface area contributed by atoms with Crippen molar-refractivity contribution in [1.29, 1.82) is 0 Å².